The number of ether oxygens (including phenoxy) is 2. The number of benzene rings is 1. The van der Waals surface area contributed by atoms with Gasteiger partial charge in [0.25, 0.3) is 0 Å². The number of carbonyl (C=O) groups excluding carboxylic acids is 1. The fourth-order valence-electron chi connectivity index (χ4n) is 4.07. The minimum absolute atomic E-state index is 0.0779. The number of aromatic nitrogens is 3. The van der Waals surface area contributed by atoms with Crippen LogP contribution in [0, 0.1) is 13.8 Å². The molecule has 1 aliphatic rings. The van der Waals surface area contributed by atoms with Crippen LogP contribution in [0.1, 0.15) is 29.7 Å². The first-order chi connectivity index (χ1) is 14.6. The number of esters is 1. The van der Waals surface area contributed by atoms with E-state index in [1.165, 1.54) is 18.4 Å². The normalized spacial score (nSPS) is 15.4. The van der Waals surface area contributed by atoms with E-state index in [0.717, 1.165) is 49.1 Å². The maximum Gasteiger partial charge on any atom is 0.319 e. The third-order valence-corrected chi connectivity index (χ3v) is 5.95. The van der Waals surface area contributed by atoms with E-state index in [0.29, 0.717) is 12.4 Å². The molecule has 30 heavy (non-hydrogen) atoms. The summed E-state index contributed by atoms with van der Waals surface area (Å²) in [5.74, 6) is 0.455. The highest BCUT2D eigenvalue weighted by molar-refractivity contribution is 5.86. The topological polar surface area (TPSA) is 69.5 Å². The Labute approximate surface area is 176 Å². The SMILES string of the molecule is COC(=O)CN1CCC(Oc2ncnc3c2c(C)c(C)n3Cc2ccccc2)CC1. The maximum absolute atomic E-state index is 11.5. The molecule has 0 unspecified atom stereocenters. The number of piperidine rings is 1. The summed E-state index contributed by atoms with van der Waals surface area (Å²) in [7, 11) is 1.42. The van der Waals surface area contributed by atoms with Crippen molar-refractivity contribution in [3.8, 4) is 5.88 Å². The predicted octanol–water partition coefficient (Wildman–Crippen LogP) is 3.11. The summed E-state index contributed by atoms with van der Waals surface area (Å²) in [6.45, 7) is 6.94. The largest absolute Gasteiger partial charge is 0.474 e. The van der Waals surface area contributed by atoms with Crippen LogP contribution in [0.5, 0.6) is 5.88 Å². The van der Waals surface area contributed by atoms with E-state index in [4.69, 9.17) is 9.47 Å². The van der Waals surface area contributed by atoms with Gasteiger partial charge in [-0.05, 0) is 37.8 Å². The number of rotatable bonds is 6. The van der Waals surface area contributed by atoms with Crippen molar-refractivity contribution in [2.75, 3.05) is 26.7 Å². The molecule has 0 radical (unpaired) electrons. The van der Waals surface area contributed by atoms with Crippen LogP contribution in [0.15, 0.2) is 36.7 Å². The molecular weight excluding hydrogens is 380 g/mol. The van der Waals surface area contributed by atoms with Gasteiger partial charge in [0.2, 0.25) is 5.88 Å². The molecule has 4 rings (SSSR count). The predicted molar refractivity (Wildman–Crippen MR) is 115 cm³/mol. The summed E-state index contributed by atoms with van der Waals surface area (Å²) in [5, 5.41) is 0.989. The van der Waals surface area contributed by atoms with Crippen LogP contribution in [0.25, 0.3) is 11.0 Å². The first kappa shape index (κ1) is 20.3. The molecule has 1 aliphatic heterocycles. The molecule has 2 aromatic heterocycles. The number of methoxy groups -OCH3 is 1. The highest BCUT2D eigenvalue weighted by Gasteiger charge is 2.25. The van der Waals surface area contributed by atoms with Crippen molar-refractivity contribution in [1.29, 1.82) is 0 Å². The zero-order valence-electron chi connectivity index (χ0n) is 17.8. The minimum atomic E-state index is -0.197. The Hall–Kier alpha value is -2.93. The first-order valence-corrected chi connectivity index (χ1v) is 10.4. The second-order valence-corrected chi connectivity index (χ2v) is 7.83. The summed E-state index contributed by atoms with van der Waals surface area (Å²) in [4.78, 5) is 22.6. The number of likely N-dealkylation sites (tertiary alicyclic amines) is 1. The van der Waals surface area contributed by atoms with E-state index in [1.807, 2.05) is 6.07 Å². The Morgan fingerprint density at radius 2 is 1.87 bits per heavy atom. The van der Waals surface area contributed by atoms with Gasteiger partial charge in [-0.3, -0.25) is 9.69 Å². The fraction of sp³-hybridized carbons (Fsp3) is 0.435. The summed E-state index contributed by atoms with van der Waals surface area (Å²) >= 11 is 0. The van der Waals surface area contributed by atoms with Gasteiger partial charge in [-0.2, -0.15) is 0 Å². The number of aryl methyl sites for hydroxylation is 1. The lowest BCUT2D eigenvalue weighted by Crippen LogP contribution is -2.41. The van der Waals surface area contributed by atoms with E-state index in [-0.39, 0.29) is 12.1 Å². The van der Waals surface area contributed by atoms with E-state index in [1.54, 1.807) is 6.33 Å². The number of carbonyl (C=O) groups is 1. The average molecular weight is 409 g/mol. The van der Waals surface area contributed by atoms with E-state index in [2.05, 4.69) is 57.5 Å². The Bertz CT molecular complexity index is 1020. The van der Waals surface area contributed by atoms with Crippen LogP contribution in [-0.2, 0) is 16.1 Å². The Balaban J connectivity index is 1.53. The molecule has 1 fully saturated rings. The van der Waals surface area contributed by atoms with Crippen molar-refractivity contribution in [2.45, 2.75) is 39.3 Å². The monoisotopic (exact) mass is 408 g/mol. The average Bonchev–Trinajstić information content (AvgIpc) is 3.01. The number of hydrogen-bond donors (Lipinski definition) is 0. The molecule has 1 saturated heterocycles. The Morgan fingerprint density at radius 1 is 1.13 bits per heavy atom. The summed E-state index contributed by atoms with van der Waals surface area (Å²) in [5.41, 5.74) is 4.46. The lowest BCUT2D eigenvalue weighted by Gasteiger charge is -2.31. The standard InChI is InChI=1S/C23H28N4O3/c1-16-17(2)27(13-18-7-5-4-6-8-18)22-21(16)23(25-15-24-22)30-19-9-11-26(12-10-19)14-20(28)29-3/h4-8,15,19H,9-14H2,1-3H3. The van der Waals surface area contributed by atoms with Crippen LogP contribution >= 0.6 is 0 Å². The van der Waals surface area contributed by atoms with E-state index >= 15 is 0 Å². The van der Waals surface area contributed by atoms with Gasteiger partial charge in [-0.15, -0.1) is 0 Å². The van der Waals surface area contributed by atoms with Crippen molar-refractivity contribution in [3.63, 3.8) is 0 Å². The molecule has 158 valence electrons. The molecular formula is C23H28N4O3. The van der Waals surface area contributed by atoms with Crippen LogP contribution < -0.4 is 4.74 Å². The molecule has 0 atom stereocenters. The van der Waals surface area contributed by atoms with Crippen molar-refractivity contribution in [1.82, 2.24) is 19.4 Å². The number of nitrogens with zero attached hydrogens (tertiary/aromatic N) is 4. The first-order valence-electron chi connectivity index (χ1n) is 10.4. The summed E-state index contributed by atoms with van der Waals surface area (Å²) in [6.07, 6.45) is 3.37. The Kier molecular flexibility index (Phi) is 5.99. The van der Waals surface area contributed by atoms with Crippen LogP contribution in [-0.4, -0.2) is 58.3 Å². The third-order valence-electron chi connectivity index (χ3n) is 5.95. The summed E-state index contributed by atoms with van der Waals surface area (Å²) in [6, 6.07) is 10.4. The van der Waals surface area contributed by atoms with Crippen LogP contribution in [0.2, 0.25) is 0 Å². The number of hydrogen-bond acceptors (Lipinski definition) is 6. The summed E-state index contributed by atoms with van der Waals surface area (Å²) < 4.78 is 13.3. The quantitative estimate of drug-likeness (QED) is 0.584. The van der Waals surface area contributed by atoms with Gasteiger partial charge < -0.3 is 14.0 Å². The van der Waals surface area contributed by atoms with Gasteiger partial charge in [0.05, 0.1) is 19.0 Å². The van der Waals surface area contributed by atoms with Gasteiger partial charge in [0, 0.05) is 25.3 Å². The molecule has 1 aromatic carbocycles. The van der Waals surface area contributed by atoms with E-state index < -0.39 is 0 Å². The zero-order chi connectivity index (χ0) is 21.1. The zero-order valence-corrected chi connectivity index (χ0v) is 17.8. The molecule has 7 heteroatoms. The minimum Gasteiger partial charge on any atom is -0.474 e. The lowest BCUT2D eigenvalue weighted by molar-refractivity contribution is -0.142. The molecule has 0 N–H and O–H groups in total. The third kappa shape index (κ3) is 4.16. The van der Waals surface area contributed by atoms with Crippen molar-refractivity contribution in [2.24, 2.45) is 0 Å². The Morgan fingerprint density at radius 3 is 2.57 bits per heavy atom. The molecule has 0 aliphatic carbocycles. The molecule has 3 aromatic rings. The smallest absolute Gasteiger partial charge is 0.319 e. The van der Waals surface area contributed by atoms with Gasteiger partial charge in [-0.25, -0.2) is 9.97 Å². The van der Waals surface area contributed by atoms with Gasteiger partial charge in [0.1, 0.15) is 18.1 Å². The molecule has 3 heterocycles. The highest BCUT2D eigenvalue weighted by atomic mass is 16.5. The van der Waals surface area contributed by atoms with E-state index in [9.17, 15) is 4.79 Å². The second-order valence-electron chi connectivity index (χ2n) is 7.83. The molecule has 0 saturated carbocycles. The van der Waals surface area contributed by atoms with Gasteiger partial charge in [-0.1, -0.05) is 30.3 Å². The lowest BCUT2D eigenvalue weighted by atomic mass is 10.1. The molecule has 0 amide bonds. The van der Waals surface area contributed by atoms with Crippen molar-refractivity contribution in [3.05, 3.63) is 53.5 Å². The molecule has 0 bridgehead atoms. The van der Waals surface area contributed by atoms with Crippen LogP contribution in [0.4, 0.5) is 0 Å². The van der Waals surface area contributed by atoms with Crippen molar-refractivity contribution < 1.29 is 14.3 Å². The highest BCUT2D eigenvalue weighted by Crippen LogP contribution is 2.32. The molecule has 0 spiro atoms. The van der Waals surface area contributed by atoms with Crippen molar-refractivity contribution >= 4 is 17.0 Å². The molecule has 7 nitrogen and oxygen atoms in total. The van der Waals surface area contributed by atoms with Crippen LogP contribution in [0.3, 0.4) is 0 Å². The van der Waals surface area contributed by atoms with Gasteiger partial charge >= 0.3 is 5.97 Å². The number of fused-ring (bicyclic) bond motifs is 1. The van der Waals surface area contributed by atoms with Gasteiger partial charge in [0.15, 0.2) is 0 Å². The fourth-order valence-corrected chi connectivity index (χ4v) is 4.07. The second kappa shape index (κ2) is 8.83. The maximum atomic E-state index is 11.5.